The summed E-state index contributed by atoms with van der Waals surface area (Å²) in [6.07, 6.45) is -0.0705. The van der Waals surface area contributed by atoms with Gasteiger partial charge in [0.2, 0.25) is 5.91 Å². The molecule has 18 heavy (non-hydrogen) atoms. The first-order chi connectivity index (χ1) is 8.52. The lowest BCUT2D eigenvalue weighted by molar-refractivity contribution is -0.120. The Labute approximate surface area is 109 Å². The minimum Gasteiger partial charge on any atom is -0.489 e. The Morgan fingerprint density at radius 3 is 2.39 bits per heavy atom. The normalized spacial score (nSPS) is 13.6. The zero-order valence-corrected chi connectivity index (χ0v) is 11.5. The molecule has 0 aliphatic carbocycles. The largest absolute Gasteiger partial charge is 0.489 e. The van der Waals surface area contributed by atoms with Crippen molar-refractivity contribution in [2.45, 2.75) is 39.8 Å². The summed E-state index contributed by atoms with van der Waals surface area (Å²) in [6.45, 7) is 8.34. The molecule has 0 fully saturated rings. The smallest absolute Gasteiger partial charge is 0.217 e. The van der Waals surface area contributed by atoms with Gasteiger partial charge in [-0.15, -0.1) is 0 Å². The summed E-state index contributed by atoms with van der Waals surface area (Å²) < 4.78 is 5.77. The van der Waals surface area contributed by atoms with Gasteiger partial charge in [0.15, 0.2) is 0 Å². The van der Waals surface area contributed by atoms with Gasteiger partial charge in [-0.05, 0) is 45.0 Å². The number of anilines is 1. The molecule has 4 heteroatoms. The van der Waals surface area contributed by atoms with Crippen LogP contribution in [-0.2, 0) is 4.79 Å². The van der Waals surface area contributed by atoms with Crippen molar-refractivity contribution >= 4 is 11.6 Å². The number of benzene rings is 1. The number of rotatable bonds is 6. The molecule has 0 saturated carbocycles. The summed E-state index contributed by atoms with van der Waals surface area (Å²) in [4.78, 5) is 11.0. The van der Waals surface area contributed by atoms with Crippen LogP contribution < -0.4 is 15.4 Å². The molecule has 1 unspecified atom stereocenters. The lowest BCUT2D eigenvalue weighted by Gasteiger charge is -2.22. The molecule has 0 spiro atoms. The van der Waals surface area contributed by atoms with Crippen molar-refractivity contribution in [3.05, 3.63) is 24.3 Å². The second-order valence-corrected chi connectivity index (χ2v) is 4.37. The fourth-order valence-corrected chi connectivity index (χ4v) is 1.61. The Kier molecular flexibility index (Phi) is 5.49. The average Bonchev–Trinajstić information content (AvgIpc) is 2.31. The molecule has 0 aliphatic rings. The summed E-state index contributed by atoms with van der Waals surface area (Å²) in [5.41, 5.74) is 1.08. The first kappa shape index (κ1) is 14.4. The molecule has 4 nitrogen and oxygen atoms in total. The third kappa shape index (κ3) is 4.65. The van der Waals surface area contributed by atoms with Gasteiger partial charge in [-0.1, -0.05) is 0 Å². The fourth-order valence-electron chi connectivity index (χ4n) is 1.61. The molecular weight excluding hydrogens is 228 g/mol. The van der Waals surface area contributed by atoms with Gasteiger partial charge in [0, 0.05) is 19.2 Å². The lowest BCUT2D eigenvalue weighted by atomic mass is 10.2. The van der Waals surface area contributed by atoms with E-state index in [1.807, 2.05) is 38.1 Å². The number of carbonyl (C=O) groups excluding carboxylic acids is 1. The number of amides is 1. The van der Waals surface area contributed by atoms with E-state index in [0.717, 1.165) is 18.0 Å². The van der Waals surface area contributed by atoms with Crippen molar-refractivity contribution in [3.8, 4) is 5.75 Å². The van der Waals surface area contributed by atoms with Crippen molar-refractivity contribution in [3.63, 3.8) is 0 Å². The van der Waals surface area contributed by atoms with Crippen molar-refractivity contribution < 1.29 is 9.53 Å². The van der Waals surface area contributed by atoms with Crippen LogP contribution >= 0.6 is 0 Å². The summed E-state index contributed by atoms with van der Waals surface area (Å²) in [6, 6.07) is 7.80. The van der Waals surface area contributed by atoms with Crippen LogP contribution in [-0.4, -0.2) is 24.6 Å². The minimum absolute atomic E-state index is 0.0176. The number of nitrogens with one attached hydrogen (secondary N) is 2. The average molecular weight is 250 g/mol. The van der Waals surface area contributed by atoms with E-state index >= 15 is 0 Å². The Bertz CT molecular complexity index is 376. The summed E-state index contributed by atoms with van der Waals surface area (Å²) in [5, 5.41) is 6.04. The molecule has 2 atom stereocenters. The Morgan fingerprint density at radius 1 is 1.28 bits per heavy atom. The molecule has 0 radical (unpaired) electrons. The first-order valence-corrected chi connectivity index (χ1v) is 6.30. The maximum atomic E-state index is 11.0. The van der Waals surface area contributed by atoms with E-state index in [1.54, 1.807) is 0 Å². The molecule has 100 valence electrons. The fraction of sp³-hybridized carbons (Fsp3) is 0.500. The predicted octanol–water partition coefficient (Wildman–Crippen LogP) is 2.41. The van der Waals surface area contributed by atoms with Gasteiger partial charge >= 0.3 is 0 Å². The zero-order chi connectivity index (χ0) is 13.5. The molecule has 0 aromatic heterocycles. The summed E-state index contributed by atoms with van der Waals surface area (Å²) in [5.74, 6) is 0.766. The van der Waals surface area contributed by atoms with E-state index in [-0.39, 0.29) is 18.1 Å². The highest BCUT2D eigenvalue weighted by Gasteiger charge is 2.14. The highest BCUT2D eigenvalue weighted by Crippen LogP contribution is 2.17. The second kappa shape index (κ2) is 6.89. The zero-order valence-electron chi connectivity index (χ0n) is 11.5. The highest BCUT2D eigenvalue weighted by atomic mass is 16.5. The van der Waals surface area contributed by atoms with Crippen LogP contribution in [0.5, 0.6) is 5.75 Å². The third-order valence-corrected chi connectivity index (χ3v) is 2.69. The molecule has 0 aliphatic heterocycles. The third-order valence-electron chi connectivity index (χ3n) is 2.69. The van der Waals surface area contributed by atoms with Gasteiger partial charge in [-0.2, -0.15) is 0 Å². The van der Waals surface area contributed by atoms with E-state index in [0.29, 0.717) is 0 Å². The van der Waals surface area contributed by atoms with Crippen LogP contribution in [0.2, 0.25) is 0 Å². The van der Waals surface area contributed by atoms with Crippen LogP contribution in [0.3, 0.4) is 0 Å². The minimum atomic E-state index is -0.0705. The van der Waals surface area contributed by atoms with Crippen LogP contribution in [0.4, 0.5) is 5.69 Å². The summed E-state index contributed by atoms with van der Waals surface area (Å²) >= 11 is 0. The standard InChI is InChI=1S/C14H22N2O2/c1-5-15-13-6-8-14(9-7-13)18-11(3)10(2)16-12(4)17/h6-11,15H,5H2,1-4H3,(H,16,17)/t10?,11-/m0/s1. The van der Waals surface area contributed by atoms with E-state index in [9.17, 15) is 4.79 Å². The Hall–Kier alpha value is -1.71. The van der Waals surface area contributed by atoms with Crippen molar-refractivity contribution in [1.29, 1.82) is 0 Å². The van der Waals surface area contributed by atoms with Crippen molar-refractivity contribution in [2.24, 2.45) is 0 Å². The molecule has 0 saturated heterocycles. The van der Waals surface area contributed by atoms with E-state index in [1.165, 1.54) is 6.92 Å². The van der Waals surface area contributed by atoms with Gasteiger partial charge in [0.1, 0.15) is 11.9 Å². The Morgan fingerprint density at radius 2 is 1.89 bits per heavy atom. The highest BCUT2D eigenvalue weighted by molar-refractivity contribution is 5.73. The van der Waals surface area contributed by atoms with E-state index in [4.69, 9.17) is 4.74 Å². The van der Waals surface area contributed by atoms with E-state index in [2.05, 4.69) is 17.6 Å². The second-order valence-electron chi connectivity index (χ2n) is 4.37. The van der Waals surface area contributed by atoms with E-state index < -0.39 is 0 Å². The molecule has 0 heterocycles. The summed E-state index contributed by atoms with van der Waals surface area (Å²) in [7, 11) is 0. The predicted molar refractivity (Wildman–Crippen MR) is 74.0 cm³/mol. The maximum Gasteiger partial charge on any atom is 0.217 e. The van der Waals surface area contributed by atoms with Gasteiger partial charge in [-0.3, -0.25) is 4.79 Å². The Balaban J connectivity index is 2.53. The van der Waals surface area contributed by atoms with Gasteiger partial charge in [0.05, 0.1) is 6.04 Å². The number of hydrogen-bond donors (Lipinski definition) is 2. The molecule has 1 aromatic carbocycles. The van der Waals surface area contributed by atoms with Crippen LogP contribution in [0.15, 0.2) is 24.3 Å². The van der Waals surface area contributed by atoms with Crippen LogP contribution in [0, 0.1) is 0 Å². The molecule has 1 amide bonds. The van der Waals surface area contributed by atoms with Crippen molar-refractivity contribution in [1.82, 2.24) is 5.32 Å². The lowest BCUT2D eigenvalue weighted by Crippen LogP contribution is -2.41. The number of ether oxygens (including phenoxy) is 1. The van der Waals surface area contributed by atoms with Gasteiger partial charge < -0.3 is 15.4 Å². The van der Waals surface area contributed by atoms with Gasteiger partial charge in [0.25, 0.3) is 0 Å². The molecule has 0 bridgehead atoms. The maximum absolute atomic E-state index is 11.0. The van der Waals surface area contributed by atoms with Gasteiger partial charge in [-0.25, -0.2) is 0 Å². The number of carbonyl (C=O) groups is 1. The SMILES string of the molecule is CCNc1ccc(O[C@@H](C)C(C)NC(C)=O)cc1. The molecule has 2 N–H and O–H groups in total. The van der Waals surface area contributed by atoms with Crippen LogP contribution in [0.25, 0.3) is 0 Å². The first-order valence-electron chi connectivity index (χ1n) is 6.30. The quantitative estimate of drug-likeness (QED) is 0.815. The van der Waals surface area contributed by atoms with Crippen molar-refractivity contribution in [2.75, 3.05) is 11.9 Å². The molecular formula is C14H22N2O2. The topological polar surface area (TPSA) is 50.4 Å². The molecule has 1 aromatic rings. The monoisotopic (exact) mass is 250 g/mol. The number of hydrogen-bond acceptors (Lipinski definition) is 3. The van der Waals surface area contributed by atoms with Crippen LogP contribution in [0.1, 0.15) is 27.7 Å². The molecule has 1 rings (SSSR count).